The predicted octanol–water partition coefficient (Wildman–Crippen LogP) is 11.8. The van der Waals surface area contributed by atoms with Gasteiger partial charge in [-0.1, -0.05) is 192 Å². The average molecular weight is 750 g/mol. The second-order valence-corrected chi connectivity index (χ2v) is 21.1. The van der Waals surface area contributed by atoms with Crippen LogP contribution in [-0.4, -0.2) is 8.07 Å². The molecule has 0 amide bonds. The molecule has 0 unspecified atom stereocenters. The normalized spacial score (nSPS) is 14.3. The summed E-state index contributed by atoms with van der Waals surface area (Å²) in [4.78, 5) is 2.52. The molecule has 0 N–H and O–H groups in total. The molecule has 0 saturated carbocycles. The molecule has 0 aromatic heterocycles. The van der Waals surface area contributed by atoms with Crippen molar-refractivity contribution in [2.75, 3.05) is 4.90 Å². The molecule has 8 aromatic carbocycles. The zero-order chi connectivity index (χ0) is 38.9. The lowest BCUT2D eigenvalue weighted by Crippen LogP contribution is -2.73. The number of anilines is 3. The number of benzene rings is 8. The molecule has 2 heteroatoms. The third-order valence-corrected chi connectivity index (χ3v) is 17.5. The van der Waals surface area contributed by atoms with Gasteiger partial charge in [-0.25, -0.2) is 0 Å². The van der Waals surface area contributed by atoms with Crippen molar-refractivity contribution in [1.29, 1.82) is 0 Å². The largest absolute Gasteiger partial charge is 0.310 e. The van der Waals surface area contributed by atoms with Crippen LogP contribution in [0.2, 0.25) is 0 Å². The maximum Gasteiger partial charge on any atom is 0.180 e. The van der Waals surface area contributed by atoms with Gasteiger partial charge in [0.25, 0.3) is 0 Å². The van der Waals surface area contributed by atoms with Crippen LogP contribution in [0.25, 0.3) is 33.4 Å². The second-order valence-electron chi connectivity index (χ2n) is 17.4. The summed E-state index contributed by atoms with van der Waals surface area (Å²) in [5.74, 6) is 0. The van der Waals surface area contributed by atoms with Crippen LogP contribution in [0.4, 0.5) is 17.1 Å². The van der Waals surface area contributed by atoms with Crippen molar-refractivity contribution in [1.82, 2.24) is 0 Å². The Kier molecular flexibility index (Phi) is 8.14. The van der Waals surface area contributed by atoms with Crippen LogP contribution >= 0.6 is 0 Å². The lowest BCUT2D eigenvalue weighted by Gasteiger charge is -2.35. The highest BCUT2D eigenvalue weighted by molar-refractivity contribution is 7.22. The van der Waals surface area contributed by atoms with Gasteiger partial charge in [-0.15, -0.1) is 0 Å². The minimum atomic E-state index is -2.78. The van der Waals surface area contributed by atoms with Gasteiger partial charge in [-0.3, -0.25) is 0 Å². The van der Waals surface area contributed by atoms with Crippen molar-refractivity contribution in [2.24, 2.45) is 0 Å². The smallest absolute Gasteiger partial charge is 0.180 e. The van der Waals surface area contributed by atoms with Crippen LogP contribution in [0.1, 0.15) is 51.3 Å². The van der Waals surface area contributed by atoms with E-state index in [1.807, 2.05) is 0 Å². The maximum atomic E-state index is 2.56. The molecular weight excluding hydrogens is 703 g/mol. The number of nitrogens with zero attached hydrogens (tertiary/aromatic N) is 1. The molecule has 10 rings (SSSR count). The van der Waals surface area contributed by atoms with Crippen molar-refractivity contribution < 1.29 is 0 Å². The highest BCUT2D eigenvalue weighted by Gasteiger charge is 2.49. The highest BCUT2D eigenvalue weighted by Crippen LogP contribution is 2.51. The van der Waals surface area contributed by atoms with Gasteiger partial charge in [0.05, 0.1) is 0 Å². The summed E-state index contributed by atoms with van der Waals surface area (Å²) in [6.07, 6.45) is 0. The first-order valence-corrected chi connectivity index (χ1v) is 22.3. The van der Waals surface area contributed by atoms with E-state index >= 15 is 0 Å². The third-order valence-electron chi connectivity index (χ3n) is 12.7. The molecule has 0 spiro atoms. The molecule has 1 aliphatic carbocycles. The number of hydrogen-bond donors (Lipinski definition) is 0. The molecule has 0 saturated heterocycles. The first kappa shape index (κ1) is 35.2. The topological polar surface area (TPSA) is 3.24 Å². The zero-order valence-electron chi connectivity index (χ0n) is 33.4. The molecule has 0 atom stereocenters. The summed E-state index contributed by atoms with van der Waals surface area (Å²) >= 11 is 0. The minimum Gasteiger partial charge on any atom is -0.310 e. The van der Waals surface area contributed by atoms with Gasteiger partial charge in [0, 0.05) is 22.5 Å². The first-order valence-electron chi connectivity index (χ1n) is 20.3. The molecule has 57 heavy (non-hydrogen) atoms. The van der Waals surface area contributed by atoms with E-state index in [2.05, 4.69) is 234 Å². The Balaban J connectivity index is 1.26. The van der Waals surface area contributed by atoms with E-state index < -0.39 is 8.07 Å². The number of rotatable bonds is 6. The molecule has 8 aromatic rings. The van der Waals surface area contributed by atoms with E-state index in [-0.39, 0.29) is 10.8 Å². The molecular formula is C55H47NSi. The molecule has 2 aliphatic rings. The van der Waals surface area contributed by atoms with Crippen LogP contribution < -0.4 is 25.6 Å². The highest BCUT2D eigenvalue weighted by atomic mass is 28.3. The Morgan fingerprint density at radius 2 is 0.930 bits per heavy atom. The summed E-state index contributed by atoms with van der Waals surface area (Å²) in [6, 6.07) is 73.3. The lowest BCUT2D eigenvalue weighted by molar-refractivity contribution is 0.591. The van der Waals surface area contributed by atoms with Gasteiger partial charge in [-0.05, 0) is 113 Å². The van der Waals surface area contributed by atoms with E-state index in [0.29, 0.717) is 0 Å². The fraction of sp³-hybridized carbons (Fsp3) is 0.127. The van der Waals surface area contributed by atoms with Crippen LogP contribution in [0.15, 0.2) is 194 Å². The van der Waals surface area contributed by atoms with Gasteiger partial charge >= 0.3 is 0 Å². The van der Waals surface area contributed by atoms with E-state index in [1.165, 1.54) is 82.2 Å². The molecule has 0 fully saturated rings. The zero-order valence-corrected chi connectivity index (χ0v) is 34.4. The molecule has 1 nitrogen and oxygen atoms in total. The van der Waals surface area contributed by atoms with Gasteiger partial charge in [0.15, 0.2) is 8.07 Å². The van der Waals surface area contributed by atoms with Crippen molar-refractivity contribution in [3.8, 4) is 33.4 Å². The van der Waals surface area contributed by atoms with Crippen LogP contribution in [0.3, 0.4) is 0 Å². The third kappa shape index (κ3) is 5.50. The van der Waals surface area contributed by atoms with E-state index in [0.717, 1.165) is 5.69 Å². The Labute approximate surface area is 339 Å². The maximum absolute atomic E-state index is 2.78. The van der Waals surface area contributed by atoms with Crippen LogP contribution in [0, 0.1) is 0 Å². The Morgan fingerprint density at radius 1 is 0.404 bits per heavy atom. The molecule has 1 heterocycles. The quantitative estimate of drug-likeness (QED) is 0.153. The molecule has 276 valence electrons. The Bertz CT molecular complexity index is 2750. The predicted molar refractivity (Wildman–Crippen MR) is 245 cm³/mol. The number of hydrogen-bond acceptors (Lipinski definition) is 1. The van der Waals surface area contributed by atoms with Gasteiger partial charge in [0.2, 0.25) is 0 Å². The SMILES string of the molecule is CC(C)(C)c1cc(N(c2ccc(-c3ccccc3)cc2)c2ccc3c(c2)C(C)(C)c2ccccc2-3)cc([Si]2(c3ccccc3)c3ccccc3-c3ccccc32)c1. The van der Waals surface area contributed by atoms with Crippen molar-refractivity contribution >= 4 is 45.9 Å². The summed E-state index contributed by atoms with van der Waals surface area (Å²) in [5.41, 5.74) is 15.2. The standard InChI is InChI=1S/C55H47NSi/c1-54(2,3)40-34-43(36-45(35-40)57(44-20-10-7-11-21-44)52-26-16-13-23-48(52)49-24-14-17-27-53(49)57)56(41-30-28-39(29-31-41)38-18-8-6-9-19-38)42-32-33-47-46-22-12-15-25-50(46)55(4,5)51(47)37-42/h6-37H,1-5H3. The molecule has 1 aliphatic heterocycles. The van der Waals surface area contributed by atoms with Crippen molar-refractivity contribution in [3.05, 3.63) is 211 Å². The van der Waals surface area contributed by atoms with E-state index in [1.54, 1.807) is 0 Å². The van der Waals surface area contributed by atoms with E-state index in [4.69, 9.17) is 0 Å². The van der Waals surface area contributed by atoms with Crippen LogP contribution in [0.5, 0.6) is 0 Å². The first-order chi connectivity index (χ1) is 27.7. The summed E-state index contributed by atoms with van der Waals surface area (Å²) in [5, 5.41) is 5.75. The summed E-state index contributed by atoms with van der Waals surface area (Å²) < 4.78 is 0. The Morgan fingerprint density at radius 3 is 1.58 bits per heavy atom. The van der Waals surface area contributed by atoms with Crippen LogP contribution in [-0.2, 0) is 10.8 Å². The monoisotopic (exact) mass is 749 g/mol. The second kappa shape index (κ2) is 13.2. The van der Waals surface area contributed by atoms with Gasteiger partial charge < -0.3 is 4.90 Å². The van der Waals surface area contributed by atoms with E-state index in [9.17, 15) is 0 Å². The average Bonchev–Trinajstić information content (AvgIpc) is 3.67. The summed E-state index contributed by atoms with van der Waals surface area (Å²) in [7, 11) is -2.78. The number of fused-ring (bicyclic) bond motifs is 6. The molecule has 0 radical (unpaired) electrons. The summed E-state index contributed by atoms with van der Waals surface area (Å²) in [6.45, 7) is 11.8. The Hall–Kier alpha value is -6.22. The lowest BCUT2D eigenvalue weighted by atomic mass is 9.82. The minimum absolute atomic E-state index is 0.0981. The van der Waals surface area contributed by atoms with Crippen molar-refractivity contribution in [3.63, 3.8) is 0 Å². The fourth-order valence-corrected chi connectivity index (χ4v) is 15.0. The fourth-order valence-electron chi connectivity index (χ4n) is 9.81. The van der Waals surface area contributed by atoms with Crippen molar-refractivity contribution in [2.45, 2.75) is 45.4 Å². The van der Waals surface area contributed by atoms with Gasteiger partial charge in [0.1, 0.15) is 0 Å². The van der Waals surface area contributed by atoms with Gasteiger partial charge in [-0.2, -0.15) is 0 Å². The molecule has 0 bridgehead atoms.